The molecule has 0 bridgehead atoms. The van der Waals surface area contributed by atoms with Gasteiger partial charge in [-0.05, 0) is 61.2 Å². The summed E-state index contributed by atoms with van der Waals surface area (Å²) < 4.78 is 1.56. The van der Waals surface area contributed by atoms with Gasteiger partial charge in [0.05, 0.1) is 5.75 Å². The number of nitrogens with one attached hydrogen (secondary N) is 1. The van der Waals surface area contributed by atoms with Crippen LogP contribution in [0.1, 0.15) is 23.6 Å². The molecule has 0 spiro atoms. The molecule has 0 saturated carbocycles. The summed E-state index contributed by atoms with van der Waals surface area (Å²) in [6.45, 7) is 6.13. The number of amides is 1. The summed E-state index contributed by atoms with van der Waals surface area (Å²) >= 11 is 1.14. The predicted octanol–water partition coefficient (Wildman–Crippen LogP) is 4.14. The first-order valence-electron chi connectivity index (χ1n) is 9.15. The van der Waals surface area contributed by atoms with E-state index >= 15 is 0 Å². The maximum atomic E-state index is 12.8. The fourth-order valence-corrected chi connectivity index (χ4v) is 3.42. The Morgan fingerprint density at radius 1 is 1.11 bits per heavy atom. The summed E-state index contributed by atoms with van der Waals surface area (Å²) in [7, 11) is 0. The molecule has 28 heavy (non-hydrogen) atoms. The molecule has 1 aromatic heterocycles. The lowest BCUT2D eigenvalue weighted by atomic mass is 10.1. The van der Waals surface area contributed by atoms with Crippen molar-refractivity contribution >= 4 is 23.4 Å². The Morgan fingerprint density at radius 2 is 1.86 bits per heavy atom. The van der Waals surface area contributed by atoms with Gasteiger partial charge in [-0.2, -0.15) is 0 Å². The Balaban J connectivity index is 1.69. The summed E-state index contributed by atoms with van der Waals surface area (Å²) in [6, 6.07) is 13.6. The second kappa shape index (κ2) is 8.89. The van der Waals surface area contributed by atoms with Crippen molar-refractivity contribution < 1.29 is 4.79 Å². The van der Waals surface area contributed by atoms with Crippen LogP contribution >= 0.6 is 11.8 Å². The monoisotopic (exact) mass is 393 g/mol. The molecule has 0 atom stereocenters. The number of rotatable bonds is 6. The summed E-state index contributed by atoms with van der Waals surface area (Å²) in [5, 5.41) is 3.15. The van der Waals surface area contributed by atoms with Crippen LogP contribution in [-0.2, 0) is 11.2 Å². The van der Waals surface area contributed by atoms with E-state index in [1.807, 2.05) is 56.3 Å². The molecule has 5 nitrogen and oxygen atoms in total. The molecule has 0 fully saturated rings. The molecule has 2 aromatic carbocycles. The normalized spacial score (nSPS) is 10.7. The van der Waals surface area contributed by atoms with E-state index in [-0.39, 0.29) is 17.2 Å². The zero-order chi connectivity index (χ0) is 20.1. The average molecular weight is 394 g/mol. The van der Waals surface area contributed by atoms with E-state index < -0.39 is 0 Å². The van der Waals surface area contributed by atoms with Crippen molar-refractivity contribution in [1.82, 2.24) is 9.55 Å². The van der Waals surface area contributed by atoms with Crippen molar-refractivity contribution in [2.24, 2.45) is 0 Å². The highest BCUT2D eigenvalue weighted by molar-refractivity contribution is 7.99. The number of carbonyl (C=O) groups is 1. The van der Waals surface area contributed by atoms with Gasteiger partial charge in [-0.3, -0.25) is 14.2 Å². The highest BCUT2D eigenvalue weighted by atomic mass is 32.2. The van der Waals surface area contributed by atoms with Gasteiger partial charge in [0.25, 0.3) is 5.56 Å². The van der Waals surface area contributed by atoms with Crippen molar-refractivity contribution in [2.45, 2.75) is 32.2 Å². The molecule has 1 amide bonds. The third-order valence-electron chi connectivity index (χ3n) is 4.56. The molecule has 1 heterocycles. The first-order valence-corrected chi connectivity index (χ1v) is 10.1. The quantitative estimate of drug-likeness (QED) is 0.639. The molecule has 6 heteroatoms. The topological polar surface area (TPSA) is 64.0 Å². The molecule has 0 saturated heterocycles. The van der Waals surface area contributed by atoms with Crippen LogP contribution in [0.5, 0.6) is 0 Å². The average Bonchev–Trinajstić information content (AvgIpc) is 2.70. The number of anilines is 1. The second-order valence-corrected chi connectivity index (χ2v) is 7.53. The van der Waals surface area contributed by atoms with Crippen molar-refractivity contribution in [1.29, 1.82) is 0 Å². The maximum Gasteiger partial charge on any atom is 0.287 e. The van der Waals surface area contributed by atoms with E-state index in [0.29, 0.717) is 5.03 Å². The van der Waals surface area contributed by atoms with Gasteiger partial charge in [0.1, 0.15) is 0 Å². The minimum absolute atomic E-state index is 0.120. The van der Waals surface area contributed by atoms with Gasteiger partial charge in [0.2, 0.25) is 5.91 Å². The van der Waals surface area contributed by atoms with Crippen LogP contribution in [0.2, 0.25) is 0 Å². The van der Waals surface area contributed by atoms with Crippen molar-refractivity contribution in [3.05, 3.63) is 81.9 Å². The van der Waals surface area contributed by atoms with E-state index in [4.69, 9.17) is 0 Å². The van der Waals surface area contributed by atoms with E-state index in [1.165, 1.54) is 11.1 Å². The van der Waals surface area contributed by atoms with Gasteiger partial charge < -0.3 is 5.32 Å². The second-order valence-electron chi connectivity index (χ2n) is 6.56. The van der Waals surface area contributed by atoms with Crippen molar-refractivity contribution in [3.8, 4) is 5.69 Å². The molecule has 0 radical (unpaired) electrons. The van der Waals surface area contributed by atoms with Gasteiger partial charge >= 0.3 is 0 Å². The third kappa shape index (κ3) is 4.70. The fraction of sp³-hybridized carbons (Fsp3) is 0.227. The maximum absolute atomic E-state index is 12.8. The molecule has 3 rings (SSSR count). The van der Waals surface area contributed by atoms with Crippen LogP contribution in [0.4, 0.5) is 5.69 Å². The number of aryl methyl sites for hydroxylation is 3. The number of benzene rings is 2. The van der Waals surface area contributed by atoms with Crippen LogP contribution in [0.15, 0.2) is 64.7 Å². The van der Waals surface area contributed by atoms with E-state index in [2.05, 4.69) is 17.2 Å². The number of aromatic nitrogens is 2. The van der Waals surface area contributed by atoms with E-state index in [0.717, 1.165) is 35.1 Å². The molecule has 1 N–H and O–H groups in total. The van der Waals surface area contributed by atoms with E-state index in [9.17, 15) is 9.59 Å². The summed E-state index contributed by atoms with van der Waals surface area (Å²) in [5.74, 6) is -0.0497. The number of hydrogen-bond acceptors (Lipinski definition) is 4. The highest BCUT2D eigenvalue weighted by Crippen LogP contribution is 2.16. The molecule has 0 aliphatic carbocycles. The van der Waals surface area contributed by atoms with Crippen LogP contribution in [-0.4, -0.2) is 21.2 Å². The fourth-order valence-electron chi connectivity index (χ4n) is 2.73. The summed E-state index contributed by atoms with van der Waals surface area (Å²) in [4.78, 5) is 29.1. The minimum atomic E-state index is -0.226. The molecule has 0 aliphatic rings. The van der Waals surface area contributed by atoms with Gasteiger partial charge in [0, 0.05) is 23.8 Å². The Hall–Kier alpha value is -2.86. The molecule has 144 valence electrons. The largest absolute Gasteiger partial charge is 0.325 e. The zero-order valence-corrected chi connectivity index (χ0v) is 17.0. The number of hydrogen-bond donors (Lipinski definition) is 1. The van der Waals surface area contributed by atoms with Gasteiger partial charge in [-0.1, -0.05) is 36.9 Å². The number of nitrogens with zero attached hydrogens (tertiary/aromatic N) is 2. The van der Waals surface area contributed by atoms with Gasteiger partial charge in [-0.15, -0.1) is 0 Å². The highest BCUT2D eigenvalue weighted by Gasteiger charge is 2.11. The predicted molar refractivity (Wildman–Crippen MR) is 114 cm³/mol. The van der Waals surface area contributed by atoms with Gasteiger partial charge in [-0.25, -0.2) is 4.98 Å². The first kappa shape index (κ1) is 19.9. The lowest BCUT2D eigenvalue weighted by molar-refractivity contribution is -0.113. The number of thioether (sulfide) groups is 1. The smallest absolute Gasteiger partial charge is 0.287 e. The Morgan fingerprint density at radius 3 is 2.54 bits per heavy atom. The lowest BCUT2D eigenvalue weighted by Crippen LogP contribution is -2.22. The van der Waals surface area contributed by atoms with Crippen molar-refractivity contribution in [3.63, 3.8) is 0 Å². The lowest BCUT2D eigenvalue weighted by Gasteiger charge is -2.10. The Labute approximate surface area is 168 Å². The molecule has 3 aromatic rings. The molecule has 0 aliphatic heterocycles. The van der Waals surface area contributed by atoms with Crippen LogP contribution in [0, 0.1) is 13.8 Å². The molecular weight excluding hydrogens is 370 g/mol. The van der Waals surface area contributed by atoms with Crippen LogP contribution in [0.3, 0.4) is 0 Å². The Bertz CT molecular complexity index is 1040. The molecular formula is C22H23N3O2S. The Kier molecular flexibility index (Phi) is 6.31. The standard InChI is InChI=1S/C22H23N3O2S/c1-4-17-6-8-18(9-7-17)24-20(26)14-28-21-22(27)25(12-11-23-21)19-10-5-15(2)16(3)13-19/h5-13H,4,14H2,1-3H3,(H,24,26). The minimum Gasteiger partial charge on any atom is -0.325 e. The van der Waals surface area contributed by atoms with Crippen LogP contribution < -0.4 is 10.9 Å². The third-order valence-corrected chi connectivity index (χ3v) is 5.52. The van der Waals surface area contributed by atoms with Crippen molar-refractivity contribution in [2.75, 3.05) is 11.1 Å². The van der Waals surface area contributed by atoms with E-state index in [1.54, 1.807) is 17.0 Å². The SMILES string of the molecule is CCc1ccc(NC(=O)CSc2nccn(-c3ccc(C)c(C)c3)c2=O)cc1. The first-order chi connectivity index (χ1) is 13.5. The summed E-state index contributed by atoms with van der Waals surface area (Å²) in [6.07, 6.45) is 4.18. The van der Waals surface area contributed by atoms with Crippen LogP contribution in [0.25, 0.3) is 5.69 Å². The summed E-state index contributed by atoms with van der Waals surface area (Å²) in [5.41, 5.74) is 4.81. The van der Waals surface area contributed by atoms with Gasteiger partial charge in [0.15, 0.2) is 5.03 Å². The molecule has 0 unspecified atom stereocenters. The zero-order valence-electron chi connectivity index (χ0n) is 16.2. The number of carbonyl (C=O) groups excluding carboxylic acids is 1.